The van der Waals surface area contributed by atoms with Gasteiger partial charge in [-0.1, -0.05) is 6.07 Å². The molecule has 4 heteroatoms. The number of ketones is 2. The smallest absolute Gasteiger partial charge is 0.173 e. The largest absolute Gasteiger partial charge is 0.294 e. The number of Topliss-reactive ketones (excluding diaryl/α,β-unsaturated/α-hetero) is 2. The maximum Gasteiger partial charge on any atom is 0.173 e. The Hall–Kier alpha value is -1.81. The van der Waals surface area contributed by atoms with Crippen LogP contribution in [0.5, 0.6) is 0 Å². The van der Waals surface area contributed by atoms with Crippen molar-refractivity contribution in [3.63, 3.8) is 0 Å². The monoisotopic (exact) mass is 262 g/mol. The SMILES string of the molecule is O=C(CCC(=O)c1cccs1)c1ccc(F)cc1. The average Bonchev–Trinajstić information content (AvgIpc) is 2.90. The van der Waals surface area contributed by atoms with Gasteiger partial charge in [0.1, 0.15) is 5.82 Å². The number of carbonyl (C=O) groups excluding carboxylic acids is 2. The van der Waals surface area contributed by atoms with Gasteiger partial charge in [0.25, 0.3) is 0 Å². The molecule has 0 atom stereocenters. The Morgan fingerprint density at radius 1 is 1.00 bits per heavy atom. The second kappa shape index (κ2) is 5.69. The van der Waals surface area contributed by atoms with Crippen LogP contribution in [0.4, 0.5) is 4.39 Å². The number of rotatable bonds is 5. The first-order valence-corrected chi connectivity index (χ1v) is 6.40. The molecule has 2 rings (SSSR count). The predicted molar refractivity (Wildman–Crippen MR) is 68.6 cm³/mol. The number of benzene rings is 1. The molecule has 92 valence electrons. The summed E-state index contributed by atoms with van der Waals surface area (Å²) in [7, 11) is 0. The number of halogens is 1. The summed E-state index contributed by atoms with van der Waals surface area (Å²) < 4.78 is 12.7. The van der Waals surface area contributed by atoms with Crippen LogP contribution in [0, 0.1) is 5.82 Å². The van der Waals surface area contributed by atoms with Gasteiger partial charge in [-0.2, -0.15) is 0 Å². The lowest BCUT2D eigenvalue weighted by molar-refractivity contribution is 0.0919. The summed E-state index contributed by atoms with van der Waals surface area (Å²) in [5.74, 6) is -0.540. The number of carbonyl (C=O) groups is 2. The predicted octanol–water partition coefficient (Wildman–Crippen LogP) is 3.73. The van der Waals surface area contributed by atoms with E-state index in [0.29, 0.717) is 10.4 Å². The lowest BCUT2D eigenvalue weighted by Crippen LogP contribution is -2.04. The first-order chi connectivity index (χ1) is 8.66. The first-order valence-electron chi connectivity index (χ1n) is 5.52. The summed E-state index contributed by atoms with van der Waals surface area (Å²) in [4.78, 5) is 24.1. The molecule has 1 aromatic heterocycles. The third-order valence-corrected chi connectivity index (χ3v) is 3.45. The van der Waals surface area contributed by atoms with Crippen molar-refractivity contribution in [2.45, 2.75) is 12.8 Å². The Morgan fingerprint density at radius 3 is 2.28 bits per heavy atom. The third-order valence-electron chi connectivity index (χ3n) is 2.54. The Morgan fingerprint density at radius 2 is 1.67 bits per heavy atom. The molecule has 2 nitrogen and oxygen atoms in total. The van der Waals surface area contributed by atoms with Crippen LogP contribution < -0.4 is 0 Å². The average molecular weight is 262 g/mol. The fourth-order valence-corrected chi connectivity index (χ4v) is 2.26. The van der Waals surface area contributed by atoms with E-state index >= 15 is 0 Å². The fraction of sp³-hybridized carbons (Fsp3) is 0.143. The molecule has 0 aliphatic rings. The van der Waals surface area contributed by atoms with Crippen molar-refractivity contribution < 1.29 is 14.0 Å². The van der Waals surface area contributed by atoms with Crippen LogP contribution in [0.2, 0.25) is 0 Å². The minimum atomic E-state index is -0.374. The second-order valence-electron chi connectivity index (χ2n) is 3.83. The Bertz CT molecular complexity index is 544. The molecule has 1 heterocycles. The van der Waals surface area contributed by atoms with Crippen molar-refractivity contribution in [3.05, 3.63) is 58.0 Å². The van der Waals surface area contributed by atoms with Gasteiger partial charge in [0.15, 0.2) is 11.6 Å². The summed E-state index contributed by atoms with van der Waals surface area (Å²) in [6.07, 6.45) is 0.346. The van der Waals surface area contributed by atoms with E-state index in [1.807, 2.05) is 5.38 Å². The minimum Gasteiger partial charge on any atom is -0.294 e. The van der Waals surface area contributed by atoms with E-state index in [2.05, 4.69) is 0 Å². The highest BCUT2D eigenvalue weighted by molar-refractivity contribution is 7.12. The number of thiophene rings is 1. The van der Waals surface area contributed by atoms with Gasteiger partial charge < -0.3 is 0 Å². The molecule has 0 aliphatic carbocycles. The van der Waals surface area contributed by atoms with Crippen molar-refractivity contribution in [1.29, 1.82) is 0 Å². The van der Waals surface area contributed by atoms with Gasteiger partial charge in [0, 0.05) is 18.4 Å². The maximum absolute atomic E-state index is 12.7. The van der Waals surface area contributed by atoms with E-state index in [1.165, 1.54) is 35.6 Å². The lowest BCUT2D eigenvalue weighted by atomic mass is 10.0. The van der Waals surface area contributed by atoms with E-state index in [-0.39, 0.29) is 30.2 Å². The van der Waals surface area contributed by atoms with Gasteiger partial charge in [-0.05, 0) is 35.7 Å². The second-order valence-corrected chi connectivity index (χ2v) is 4.78. The molecule has 0 radical (unpaired) electrons. The zero-order valence-electron chi connectivity index (χ0n) is 9.56. The van der Waals surface area contributed by atoms with Gasteiger partial charge >= 0.3 is 0 Å². The molecule has 0 fully saturated rings. The van der Waals surface area contributed by atoms with Gasteiger partial charge in [-0.15, -0.1) is 11.3 Å². The Kier molecular flexibility index (Phi) is 3.99. The van der Waals surface area contributed by atoms with E-state index in [0.717, 1.165) is 0 Å². The molecule has 1 aromatic carbocycles. The summed E-state index contributed by atoms with van der Waals surface area (Å²) in [6.45, 7) is 0. The quantitative estimate of drug-likeness (QED) is 0.769. The minimum absolute atomic E-state index is 0.0274. The topological polar surface area (TPSA) is 34.1 Å². The molecular formula is C14H11FO2S. The van der Waals surface area contributed by atoms with Gasteiger partial charge in [0.2, 0.25) is 0 Å². The highest BCUT2D eigenvalue weighted by atomic mass is 32.1. The summed E-state index contributed by atoms with van der Waals surface area (Å²) >= 11 is 1.37. The number of hydrogen-bond donors (Lipinski definition) is 0. The third kappa shape index (κ3) is 3.11. The molecule has 0 aliphatic heterocycles. The van der Waals surface area contributed by atoms with E-state index in [4.69, 9.17) is 0 Å². The van der Waals surface area contributed by atoms with Crippen LogP contribution in [0.15, 0.2) is 41.8 Å². The summed E-state index contributed by atoms with van der Waals surface area (Å²) in [6, 6.07) is 8.91. The Labute approximate surface area is 108 Å². The first kappa shape index (κ1) is 12.6. The van der Waals surface area contributed by atoms with Crippen molar-refractivity contribution in [2.24, 2.45) is 0 Å². The van der Waals surface area contributed by atoms with Crippen LogP contribution >= 0.6 is 11.3 Å². The van der Waals surface area contributed by atoms with E-state index in [1.54, 1.807) is 12.1 Å². The molecule has 0 spiro atoms. The zero-order valence-corrected chi connectivity index (χ0v) is 10.4. The van der Waals surface area contributed by atoms with Gasteiger partial charge in [-0.3, -0.25) is 9.59 Å². The molecule has 0 saturated heterocycles. The van der Waals surface area contributed by atoms with Crippen molar-refractivity contribution in [3.8, 4) is 0 Å². The molecular weight excluding hydrogens is 251 g/mol. The maximum atomic E-state index is 12.7. The summed E-state index contributed by atoms with van der Waals surface area (Å²) in [5, 5.41) is 1.83. The summed E-state index contributed by atoms with van der Waals surface area (Å²) in [5.41, 5.74) is 0.440. The fourth-order valence-electron chi connectivity index (χ4n) is 1.57. The molecule has 0 unspecified atom stereocenters. The van der Waals surface area contributed by atoms with E-state index in [9.17, 15) is 14.0 Å². The number of hydrogen-bond acceptors (Lipinski definition) is 3. The molecule has 0 saturated carbocycles. The van der Waals surface area contributed by atoms with Crippen molar-refractivity contribution in [1.82, 2.24) is 0 Å². The Balaban J connectivity index is 1.92. The van der Waals surface area contributed by atoms with Crippen LogP contribution in [0.3, 0.4) is 0 Å². The zero-order chi connectivity index (χ0) is 13.0. The molecule has 2 aromatic rings. The van der Waals surface area contributed by atoms with Crippen LogP contribution in [-0.4, -0.2) is 11.6 Å². The van der Waals surface area contributed by atoms with Crippen LogP contribution in [-0.2, 0) is 0 Å². The molecule has 0 amide bonds. The standard InChI is InChI=1S/C14H11FO2S/c15-11-5-3-10(4-6-11)12(16)7-8-13(17)14-2-1-9-18-14/h1-6,9H,7-8H2. The normalized spacial score (nSPS) is 10.3. The van der Waals surface area contributed by atoms with Gasteiger partial charge in [-0.25, -0.2) is 4.39 Å². The van der Waals surface area contributed by atoms with E-state index < -0.39 is 0 Å². The molecule has 0 bridgehead atoms. The molecule has 18 heavy (non-hydrogen) atoms. The highest BCUT2D eigenvalue weighted by Crippen LogP contribution is 2.14. The van der Waals surface area contributed by atoms with Crippen molar-refractivity contribution in [2.75, 3.05) is 0 Å². The molecule has 0 N–H and O–H groups in total. The lowest BCUT2D eigenvalue weighted by Gasteiger charge is -2.00. The van der Waals surface area contributed by atoms with Crippen LogP contribution in [0.25, 0.3) is 0 Å². The highest BCUT2D eigenvalue weighted by Gasteiger charge is 2.11. The van der Waals surface area contributed by atoms with Crippen LogP contribution in [0.1, 0.15) is 32.9 Å². The van der Waals surface area contributed by atoms with Gasteiger partial charge in [0.05, 0.1) is 4.88 Å². The van der Waals surface area contributed by atoms with Crippen molar-refractivity contribution >= 4 is 22.9 Å².